The maximum absolute atomic E-state index is 12.5. The van der Waals surface area contributed by atoms with E-state index in [-0.39, 0.29) is 11.8 Å². The predicted octanol–water partition coefficient (Wildman–Crippen LogP) is 1.47. The predicted molar refractivity (Wildman–Crippen MR) is 69.2 cm³/mol. The summed E-state index contributed by atoms with van der Waals surface area (Å²) in [6.07, 6.45) is 2.17. The van der Waals surface area contributed by atoms with E-state index in [0.717, 1.165) is 12.8 Å². The number of amides is 1. The third-order valence-electron chi connectivity index (χ3n) is 4.44. The van der Waals surface area contributed by atoms with Crippen molar-refractivity contribution in [1.29, 1.82) is 0 Å². The summed E-state index contributed by atoms with van der Waals surface area (Å²) in [5, 5.41) is 13.1. The molecule has 108 valence electrons. The molecule has 2 heterocycles. The number of rotatable bonds is 3. The van der Waals surface area contributed by atoms with Gasteiger partial charge >= 0.3 is 5.97 Å². The molecule has 1 aromatic heterocycles. The lowest BCUT2D eigenvalue weighted by atomic mass is 9.92. The van der Waals surface area contributed by atoms with Crippen molar-refractivity contribution in [2.45, 2.75) is 26.7 Å². The minimum atomic E-state index is -0.795. The molecule has 1 saturated carbocycles. The Morgan fingerprint density at radius 2 is 2.00 bits per heavy atom. The normalized spacial score (nSPS) is 26.0. The molecule has 1 aliphatic carbocycles. The Balaban J connectivity index is 1.81. The largest absolute Gasteiger partial charge is 0.481 e. The molecule has 1 aliphatic heterocycles. The summed E-state index contributed by atoms with van der Waals surface area (Å²) < 4.78 is 5.02. The van der Waals surface area contributed by atoms with E-state index >= 15 is 0 Å². The summed E-state index contributed by atoms with van der Waals surface area (Å²) in [6, 6.07) is 0. The van der Waals surface area contributed by atoms with Crippen molar-refractivity contribution in [1.82, 2.24) is 10.1 Å². The highest BCUT2D eigenvalue weighted by molar-refractivity contribution is 5.96. The fraction of sp³-hybridized carbons (Fsp3) is 0.643. The second-order valence-corrected chi connectivity index (χ2v) is 5.86. The molecule has 0 unspecified atom stereocenters. The van der Waals surface area contributed by atoms with Gasteiger partial charge in [0.1, 0.15) is 11.3 Å². The number of aromatic nitrogens is 1. The number of carbonyl (C=O) groups is 2. The van der Waals surface area contributed by atoms with Crippen LogP contribution in [0.4, 0.5) is 0 Å². The lowest BCUT2D eigenvalue weighted by Crippen LogP contribution is -2.30. The van der Waals surface area contributed by atoms with Crippen LogP contribution < -0.4 is 0 Å². The van der Waals surface area contributed by atoms with Gasteiger partial charge in [-0.15, -0.1) is 0 Å². The Morgan fingerprint density at radius 3 is 2.50 bits per heavy atom. The maximum atomic E-state index is 12.5. The van der Waals surface area contributed by atoms with Gasteiger partial charge in [-0.3, -0.25) is 9.59 Å². The van der Waals surface area contributed by atoms with Crippen LogP contribution in [0.25, 0.3) is 0 Å². The molecule has 1 N–H and O–H groups in total. The van der Waals surface area contributed by atoms with Crippen LogP contribution in [0, 0.1) is 31.6 Å². The van der Waals surface area contributed by atoms with Gasteiger partial charge in [-0.05, 0) is 38.5 Å². The molecule has 2 aliphatic rings. The summed E-state index contributed by atoms with van der Waals surface area (Å²) >= 11 is 0. The molecule has 3 rings (SSSR count). The molecular weight excluding hydrogens is 260 g/mol. The van der Waals surface area contributed by atoms with Gasteiger partial charge in [0.2, 0.25) is 0 Å². The van der Waals surface area contributed by atoms with Gasteiger partial charge in [0, 0.05) is 13.1 Å². The average Bonchev–Trinajstić information content (AvgIpc) is 3.05. The van der Waals surface area contributed by atoms with Gasteiger partial charge < -0.3 is 14.5 Å². The first kappa shape index (κ1) is 13.1. The number of carboxylic acid groups (broad SMARTS) is 1. The molecule has 0 aromatic carbocycles. The number of aliphatic carboxylic acids is 1. The van der Waals surface area contributed by atoms with Crippen LogP contribution in [0.5, 0.6) is 0 Å². The first-order valence-electron chi connectivity index (χ1n) is 6.94. The SMILES string of the molecule is Cc1noc(C)c1C(=O)N1C[C@H](C(=O)O)[C@@H](C2CC2)C1. The van der Waals surface area contributed by atoms with Crippen LogP contribution in [-0.2, 0) is 4.79 Å². The van der Waals surface area contributed by atoms with Crippen LogP contribution in [-0.4, -0.2) is 40.1 Å². The number of likely N-dealkylation sites (tertiary alicyclic amines) is 1. The lowest BCUT2D eigenvalue weighted by Gasteiger charge is -2.15. The Morgan fingerprint density at radius 1 is 1.30 bits per heavy atom. The Bertz CT molecular complexity index is 542. The minimum absolute atomic E-state index is 0.0944. The Hall–Kier alpha value is -1.85. The lowest BCUT2D eigenvalue weighted by molar-refractivity contribution is -0.142. The van der Waals surface area contributed by atoms with Crippen molar-refractivity contribution in [2.24, 2.45) is 17.8 Å². The van der Waals surface area contributed by atoms with Gasteiger partial charge in [-0.1, -0.05) is 5.16 Å². The molecule has 0 spiro atoms. The second kappa shape index (κ2) is 4.61. The summed E-state index contributed by atoms with van der Waals surface area (Å²) in [5.41, 5.74) is 1.04. The van der Waals surface area contributed by atoms with Crippen LogP contribution >= 0.6 is 0 Å². The first-order valence-corrected chi connectivity index (χ1v) is 6.94. The fourth-order valence-electron chi connectivity index (χ4n) is 3.20. The van der Waals surface area contributed by atoms with E-state index < -0.39 is 11.9 Å². The van der Waals surface area contributed by atoms with Crippen LogP contribution in [0.2, 0.25) is 0 Å². The molecule has 1 aromatic rings. The van der Waals surface area contributed by atoms with E-state index in [4.69, 9.17) is 4.52 Å². The van der Waals surface area contributed by atoms with E-state index in [1.165, 1.54) is 0 Å². The summed E-state index contributed by atoms with van der Waals surface area (Å²) in [5.74, 6) is -0.330. The van der Waals surface area contributed by atoms with Crippen molar-refractivity contribution in [3.05, 3.63) is 17.0 Å². The monoisotopic (exact) mass is 278 g/mol. The van der Waals surface area contributed by atoms with Gasteiger partial charge in [-0.25, -0.2) is 0 Å². The van der Waals surface area contributed by atoms with Crippen LogP contribution in [0.3, 0.4) is 0 Å². The average molecular weight is 278 g/mol. The topological polar surface area (TPSA) is 83.6 Å². The highest BCUT2D eigenvalue weighted by atomic mass is 16.5. The van der Waals surface area contributed by atoms with Gasteiger partial charge in [0.05, 0.1) is 11.6 Å². The van der Waals surface area contributed by atoms with E-state index in [0.29, 0.717) is 36.0 Å². The molecule has 1 amide bonds. The number of carbonyl (C=O) groups excluding carboxylic acids is 1. The van der Waals surface area contributed by atoms with Crippen molar-refractivity contribution in [3.8, 4) is 0 Å². The quantitative estimate of drug-likeness (QED) is 0.905. The molecule has 2 atom stereocenters. The van der Waals surface area contributed by atoms with Crippen molar-refractivity contribution in [3.63, 3.8) is 0 Å². The Labute approximate surface area is 116 Å². The summed E-state index contributed by atoms with van der Waals surface area (Å²) in [4.78, 5) is 25.6. The van der Waals surface area contributed by atoms with E-state index in [1.807, 2.05) is 0 Å². The van der Waals surface area contributed by atoms with Gasteiger partial charge in [0.15, 0.2) is 0 Å². The smallest absolute Gasteiger partial charge is 0.308 e. The third-order valence-corrected chi connectivity index (χ3v) is 4.44. The van der Waals surface area contributed by atoms with Crippen molar-refractivity contribution < 1.29 is 19.2 Å². The fourth-order valence-corrected chi connectivity index (χ4v) is 3.20. The summed E-state index contributed by atoms with van der Waals surface area (Å²) in [6.45, 7) is 4.26. The maximum Gasteiger partial charge on any atom is 0.308 e. The standard InChI is InChI=1S/C14H18N2O4/c1-7-12(8(2)20-15-7)13(17)16-5-10(9-3-4-9)11(6-16)14(18)19/h9-11H,3-6H2,1-2H3,(H,18,19)/t10-,11+/m1/s1. The zero-order chi connectivity index (χ0) is 14.4. The van der Waals surface area contributed by atoms with Gasteiger partial charge in [0.25, 0.3) is 5.91 Å². The number of hydrogen-bond donors (Lipinski definition) is 1. The van der Waals surface area contributed by atoms with E-state index in [2.05, 4.69) is 5.16 Å². The molecule has 0 bridgehead atoms. The number of hydrogen-bond acceptors (Lipinski definition) is 4. The molecule has 0 radical (unpaired) electrons. The van der Waals surface area contributed by atoms with E-state index in [1.54, 1.807) is 18.7 Å². The van der Waals surface area contributed by atoms with Crippen LogP contribution in [0.15, 0.2) is 4.52 Å². The van der Waals surface area contributed by atoms with Crippen molar-refractivity contribution >= 4 is 11.9 Å². The summed E-state index contributed by atoms with van der Waals surface area (Å²) in [7, 11) is 0. The highest BCUT2D eigenvalue weighted by Crippen LogP contribution is 2.44. The Kier molecular flexibility index (Phi) is 3.03. The number of aryl methyl sites for hydroxylation is 2. The second-order valence-electron chi connectivity index (χ2n) is 5.86. The first-order chi connectivity index (χ1) is 9.49. The van der Waals surface area contributed by atoms with Crippen molar-refractivity contribution in [2.75, 3.05) is 13.1 Å². The van der Waals surface area contributed by atoms with Crippen LogP contribution in [0.1, 0.15) is 34.7 Å². The molecule has 6 nitrogen and oxygen atoms in total. The van der Waals surface area contributed by atoms with E-state index in [9.17, 15) is 14.7 Å². The van der Waals surface area contributed by atoms with Gasteiger partial charge in [-0.2, -0.15) is 0 Å². The molecule has 2 fully saturated rings. The minimum Gasteiger partial charge on any atom is -0.481 e. The molecule has 6 heteroatoms. The third kappa shape index (κ3) is 2.09. The highest BCUT2D eigenvalue weighted by Gasteiger charge is 2.47. The molecule has 1 saturated heterocycles. The zero-order valence-corrected chi connectivity index (χ0v) is 11.6. The number of carboxylic acids is 1. The molecular formula is C14H18N2O4. The number of nitrogens with zero attached hydrogens (tertiary/aromatic N) is 2. The molecule has 20 heavy (non-hydrogen) atoms. The zero-order valence-electron chi connectivity index (χ0n) is 11.6.